The molecule has 18 heavy (non-hydrogen) atoms. The van der Waals surface area contributed by atoms with Gasteiger partial charge < -0.3 is 15.2 Å². The molecule has 0 saturated heterocycles. The molecule has 0 bridgehead atoms. The minimum Gasteiger partial charge on any atom is -0.480 e. The van der Waals surface area contributed by atoms with Crippen LogP contribution in [0, 0.1) is 0 Å². The Kier molecular flexibility index (Phi) is 7.86. The van der Waals surface area contributed by atoms with Gasteiger partial charge in [0, 0.05) is 6.42 Å². The second kappa shape index (κ2) is 8.57. The molecule has 0 aliphatic carbocycles. The molecule has 0 heterocycles. The third kappa shape index (κ3) is 6.95. The first kappa shape index (κ1) is 16.5. The van der Waals surface area contributed by atoms with Crippen LogP contribution >= 0.6 is 0 Å². The molecule has 0 radical (unpaired) electrons. The van der Waals surface area contributed by atoms with E-state index in [0.29, 0.717) is 6.42 Å². The van der Waals surface area contributed by atoms with E-state index >= 15 is 0 Å². The molecule has 2 N–H and O–H groups in total. The third-order valence-corrected chi connectivity index (χ3v) is 2.09. The zero-order valence-electron chi connectivity index (χ0n) is 10.1. The second-order valence-electron chi connectivity index (χ2n) is 3.62. The van der Waals surface area contributed by atoms with Crippen LogP contribution < -0.4 is 5.32 Å². The minimum absolute atomic E-state index is 0.255. The van der Waals surface area contributed by atoms with Crippen LogP contribution in [0.25, 0.3) is 0 Å². The van der Waals surface area contributed by atoms with Crippen LogP contribution in [0.2, 0.25) is 0 Å². The lowest BCUT2D eigenvalue weighted by Crippen LogP contribution is -2.46. The summed E-state index contributed by atoms with van der Waals surface area (Å²) in [5, 5.41) is 10.7. The van der Waals surface area contributed by atoms with Gasteiger partial charge >= 0.3 is 5.97 Å². The van der Waals surface area contributed by atoms with Gasteiger partial charge in [0.15, 0.2) is 0 Å². The molecule has 0 aromatic rings. The van der Waals surface area contributed by atoms with E-state index in [1.807, 2.05) is 5.32 Å². The first-order chi connectivity index (χ1) is 8.38. The SMILES string of the molecule is C=CCCOC(C)C(=O)NC(CC(F)F)C(=O)O. The molecule has 7 heteroatoms. The molecule has 0 fully saturated rings. The van der Waals surface area contributed by atoms with Crippen LogP contribution in [-0.2, 0) is 14.3 Å². The number of hydrogen-bond donors (Lipinski definition) is 2. The number of rotatable bonds is 9. The maximum Gasteiger partial charge on any atom is 0.326 e. The van der Waals surface area contributed by atoms with Crippen LogP contribution in [0.1, 0.15) is 19.8 Å². The highest BCUT2D eigenvalue weighted by Gasteiger charge is 2.26. The van der Waals surface area contributed by atoms with Gasteiger partial charge in [-0.3, -0.25) is 4.79 Å². The highest BCUT2D eigenvalue weighted by molar-refractivity contribution is 5.86. The number of nitrogens with one attached hydrogen (secondary N) is 1. The van der Waals surface area contributed by atoms with Crippen molar-refractivity contribution in [2.75, 3.05) is 6.61 Å². The first-order valence-electron chi connectivity index (χ1n) is 5.42. The maximum absolute atomic E-state index is 12.1. The van der Waals surface area contributed by atoms with Crippen molar-refractivity contribution in [1.82, 2.24) is 5.32 Å². The van der Waals surface area contributed by atoms with Crippen LogP contribution in [0.15, 0.2) is 12.7 Å². The molecular formula is C11H17F2NO4. The van der Waals surface area contributed by atoms with Gasteiger partial charge in [-0.05, 0) is 13.3 Å². The summed E-state index contributed by atoms with van der Waals surface area (Å²) in [7, 11) is 0. The fraction of sp³-hybridized carbons (Fsp3) is 0.636. The average molecular weight is 265 g/mol. The Balaban J connectivity index is 4.23. The summed E-state index contributed by atoms with van der Waals surface area (Å²) in [5.74, 6) is -2.23. The van der Waals surface area contributed by atoms with Crippen molar-refractivity contribution >= 4 is 11.9 Å². The number of halogens is 2. The third-order valence-electron chi connectivity index (χ3n) is 2.09. The Labute approximate surface area is 104 Å². The summed E-state index contributed by atoms with van der Waals surface area (Å²) in [4.78, 5) is 22.1. The van der Waals surface area contributed by atoms with Gasteiger partial charge in [-0.2, -0.15) is 0 Å². The van der Waals surface area contributed by atoms with Crippen molar-refractivity contribution in [2.45, 2.75) is 38.3 Å². The van der Waals surface area contributed by atoms with Crippen molar-refractivity contribution in [3.63, 3.8) is 0 Å². The van der Waals surface area contributed by atoms with Crippen molar-refractivity contribution in [3.05, 3.63) is 12.7 Å². The van der Waals surface area contributed by atoms with E-state index < -0.39 is 36.9 Å². The van der Waals surface area contributed by atoms with Crippen LogP contribution in [0.4, 0.5) is 8.78 Å². The van der Waals surface area contributed by atoms with Crippen molar-refractivity contribution in [1.29, 1.82) is 0 Å². The predicted molar refractivity (Wildman–Crippen MR) is 60.4 cm³/mol. The molecule has 0 aromatic heterocycles. The number of ether oxygens (including phenoxy) is 1. The smallest absolute Gasteiger partial charge is 0.326 e. The van der Waals surface area contributed by atoms with Gasteiger partial charge in [-0.1, -0.05) is 6.08 Å². The summed E-state index contributed by atoms with van der Waals surface area (Å²) >= 11 is 0. The number of carboxylic acid groups (broad SMARTS) is 1. The number of alkyl halides is 2. The summed E-state index contributed by atoms with van der Waals surface area (Å²) in [5.41, 5.74) is 0. The fourth-order valence-corrected chi connectivity index (χ4v) is 1.09. The Morgan fingerprint density at radius 1 is 1.50 bits per heavy atom. The van der Waals surface area contributed by atoms with Crippen molar-refractivity contribution in [2.24, 2.45) is 0 Å². The van der Waals surface area contributed by atoms with E-state index in [2.05, 4.69) is 6.58 Å². The van der Waals surface area contributed by atoms with E-state index in [1.54, 1.807) is 6.08 Å². The molecule has 0 aliphatic heterocycles. The van der Waals surface area contributed by atoms with E-state index in [-0.39, 0.29) is 6.61 Å². The largest absolute Gasteiger partial charge is 0.480 e. The van der Waals surface area contributed by atoms with Gasteiger partial charge in [0.2, 0.25) is 12.3 Å². The Hall–Kier alpha value is -1.50. The summed E-state index contributed by atoms with van der Waals surface area (Å²) < 4.78 is 29.2. The van der Waals surface area contributed by atoms with Crippen LogP contribution in [0.5, 0.6) is 0 Å². The van der Waals surface area contributed by atoms with Gasteiger partial charge in [0.1, 0.15) is 12.1 Å². The van der Waals surface area contributed by atoms with Crippen molar-refractivity contribution in [3.8, 4) is 0 Å². The van der Waals surface area contributed by atoms with Gasteiger partial charge in [0.25, 0.3) is 0 Å². The Bertz CT molecular complexity index is 297. The second-order valence-corrected chi connectivity index (χ2v) is 3.62. The molecule has 0 spiro atoms. The minimum atomic E-state index is -2.80. The molecular weight excluding hydrogens is 248 g/mol. The van der Waals surface area contributed by atoms with Gasteiger partial charge in [0.05, 0.1) is 6.61 Å². The number of carboxylic acids is 1. The summed E-state index contributed by atoms with van der Waals surface area (Å²) in [6.07, 6.45) is -2.49. The topological polar surface area (TPSA) is 75.6 Å². The average Bonchev–Trinajstić information content (AvgIpc) is 2.27. The predicted octanol–water partition coefficient (Wildman–Crippen LogP) is 1.19. The Morgan fingerprint density at radius 2 is 2.11 bits per heavy atom. The van der Waals surface area contributed by atoms with Gasteiger partial charge in [-0.15, -0.1) is 6.58 Å². The molecule has 0 aliphatic rings. The lowest BCUT2D eigenvalue weighted by atomic mass is 10.2. The molecule has 0 saturated carbocycles. The van der Waals surface area contributed by atoms with E-state index in [0.717, 1.165) is 0 Å². The maximum atomic E-state index is 12.1. The molecule has 1 amide bonds. The van der Waals surface area contributed by atoms with Crippen molar-refractivity contribution < 1.29 is 28.2 Å². The van der Waals surface area contributed by atoms with E-state index in [4.69, 9.17) is 9.84 Å². The number of carbonyl (C=O) groups is 2. The Morgan fingerprint density at radius 3 is 2.56 bits per heavy atom. The van der Waals surface area contributed by atoms with Crippen LogP contribution in [0.3, 0.4) is 0 Å². The van der Waals surface area contributed by atoms with Crippen LogP contribution in [-0.4, -0.2) is 42.2 Å². The molecule has 0 rings (SSSR count). The zero-order valence-corrected chi connectivity index (χ0v) is 10.1. The number of hydrogen-bond acceptors (Lipinski definition) is 3. The fourth-order valence-electron chi connectivity index (χ4n) is 1.09. The molecule has 2 unspecified atom stereocenters. The highest BCUT2D eigenvalue weighted by atomic mass is 19.3. The molecule has 5 nitrogen and oxygen atoms in total. The summed E-state index contributed by atoms with van der Waals surface area (Å²) in [6, 6.07) is -1.61. The first-order valence-corrected chi connectivity index (χ1v) is 5.42. The number of carbonyl (C=O) groups excluding carboxylic acids is 1. The molecule has 0 aromatic carbocycles. The van der Waals surface area contributed by atoms with E-state index in [9.17, 15) is 18.4 Å². The molecule has 2 atom stereocenters. The lowest BCUT2D eigenvalue weighted by Gasteiger charge is -2.17. The lowest BCUT2D eigenvalue weighted by molar-refractivity contribution is -0.145. The zero-order chi connectivity index (χ0) is 14.1. The van der Waals surface area contributed by atoms with E-state index in [1.165, 1.54) is 6.92 Å². The monoisotopic (exact) mass is 265 g/mol. The number of amides is 1. The van der Waals surface area contributed by atoms with Gasteiger partial charge in [-0.25, -0.2) is 13.6 Å². The normalized spacial score (nSPS) is 14.0. The quantitative estimate of drug-likeness (QED) is 0.485. The highest BCUT2D eigenvalue weighted by Crippen LogP contribution is 2.05. The molecule has 104 valence electrons. The number of aliphatic carboxylic acids is 1. The summed E-state index contributed by atoms with van der Waals surface area (Å²) in [6.45, 7) is 5.14. The standard InChI is InChI=1S/C11H17F2NO4/c1-3-4-5-18-7(2)10(15)14-8(11(16)17)6-9(12)13/h3,7-9H,1,4-6H2,2H3,(H,14,15)(H,16,17).